The normalized spacial score (nSPS) is 13.0. The summed E-state index contributed by atoms with van der Waals surface area (Å²) in [7, 11) is 0. The highest BCUT2D eigenvalue weighted by Gasteiger charge is 2.48. The maximum atomic E-state index is 6.86. The molecule has 2 heterocycles. The summed E-state index contributed by atoms with van der Waals surface area (Å²) in [6.45, 7) is 0. The van der Waals surface area contributed by atoms with Gasteiger partial charge in [-0.1, -0.05) is 309 Å². The Morgan fingerprint density at radius 3 is 1.19 bits per heavy atom. The second-order valence-corrected chi connectivity index (χ2v) is 30.8. The molecule has 3 nitrogen and oxygen atoms in total. The molecule has 0 saturated carbocycles. The summed E-state index contributed by atoms with van der Waals surface area (Å²) in [5, 5.41) is 7.12. The van der Waals surface area contributed by atoms with Crippen molar-refractivity contribution in [1.82, 2.24) is 0 Å². The molecule has 0 unspecified atom stereocenters. The summed E-state index contributed by atoms with van der Waals surface area (Å²) < 4.78 is 9.47. The Morgan fingerprint density at radius 1 is 0.205 bits per heavy atom. The van der Waals surface area contributed by atoms with E-state index >= 15 is 0 Å². The number of nitrogens with zero attached hydrogens (tertiary/aromatic N) is 2. The van der Waals surface area contributed by atoms with Crippen LogP contribution < -0.4 is 9.80 Å². The molecule has 4 heteroatoms. The van der Waals surface area contributed by atoms with Crippen LogP contribution in [0.1, 0.15) is 44.5 Å². The van der Waals surface area contributed by atoms with Crippen LogP contribution in [0.25, 0.3) is 120 Å². The Labute approximate surface area is 654 Å². The van der Waals surface area contributed by atoms with Crippen molar-refractivity contribution in [2.24, 2.45) is 0 Å². The summed E-state index contributed by atoms with van der Waals surface area (Å²) >= 11 is 1.87. The van der Waals surface area contributed by atoms with Gasteiger partial charge in [0.2, 0.25) is 0 Å². The van der Waals surface area contributed by atoms with Crippen molar-refractivity contribution in [2.45, 2.75) is 10.8 Å². The van der Waals surface area contributed by atoms with E-state index in [1.165, 1.54) is 109 Å². The molecule has 0 fully saturated rings. The highest BCUT2D eigenvalue weighted by molar-refractivity contribution is 7.26. The highest BCUT2D eigenvalue weighted by Crippen LogP contribution is 2.60. The average molecular weight is 1440 g/mol. The van der Waals surface area contributed by atoms with Crippen LogP contribution in [-0.4, -0.2) is 0 Å². The summed E-state index contributed by atoms with van der Waals surface area (Å²) in [5.74, 6) is 0. The number of anilines is 6. The minimum absolute atomic E-state index is 0.522. The molecule has 2 aliphatic rings. The molecular formula is C108H70N2OS. The highest BCUT2D eigenvalue weighted by atomic mass is 32.1. The average Bonchev–Trinajstić information content (AvgIpc) is 1.54. The minimum Gasteiger partial charge on any atom is -0.456 e. The van der Waals surface area contributed by atoms with Crippen molar-refractivity contribution in [2.75, 3.05) is 9.80 Å². The van der Waals surface area contributed by atoms with Crippen molar-refractivity contribution >= 4 is 98.3 Å². The summed E-state index contributed by atoms with van der Waals surface area (Å²) in [4.78, 5) is 4.84. The molecule has 0 N–H and O–H groups in total. The molecule has 22 rings (SSSR count). The van der Waals surface area contributed by atoms with Gasteiger partial charge < -0.3 is 14.2 Å². The molecule has 0 atom stereocenters. The van der Waals surface area contributed by atoms with Crippen molar-refractivity contribution in [3.63, 3.8) is 0 Å². The lowest BCUT2D eigenvalue weighted by Crippen LogP contribution is -2.28. The van der Waals surface area contributed by atoms with Gasteiger partial charge in [0.05, 0.1) is 10.8 Å². The SMILES string of the molecule is c1ccc(N(c2ccc(-c3ccc4oc5cc(-c6cc(-c7ccc(N(c8ccc(-c9cccc%10c9sc9ccccc9%10)cc8)c8ccc9c(c8)C(c8ccccc8)(c8ccccc8)c8ccccc8-9)cc7)cc7ccccc67)ccc5c4c3)cc2)c2ccc3c(c2)C(c2ccccc2)(c2ccccc2)c2ccccc2-3)cc1. The van der Waals surface area contributed by atoms with Crippen molar-refractivity contribution in [3.05, 3.63) is 469 Å². The molecule has 0 radical (unpaired) electrons. The molecule has 0 amide bonds. The third-order valence-corrected chi connectivity index (χ3v) is 25.0. The zero-order valence-electron chi connectivity index (χ0n) is 61.1. The van der Waals surface area contributed by atoms with E-state index in [1.54, 1.807) is 0 Å². The molecule has 20 aromatic rings. The predicted molar refractivity (Wildman–Crippen MR) is 470 cm³/mol. The van der Waals surface area contributed by atoms with Crippen LogP contribution in [0.15, 0.2) is 429 Å². The Kier molecular flexibility index (Phi) is 15.3. The molecule has 524 valence electrons. The third-order valence-electron chi connectivity index (χ3n) is 23.8. The molecule has 2 aromatic heterocycles. The first kappa shape index (κ1) is 65.0. The van der Waals surface area contributed by atoms with Crippen molar-refractivity contribution in [3.8, 4) is 66.8 Å². The van der Waals surface area contributed by atoms with E-state index in [2.05, 4.69) is 434 Å². The van der Waals surface area contributed by atoms with Gasteiger partial charge in [0.15, 0.2) is 0 Å². The quantitative estimate of drug-likeness (QED) is 0.108. The van der Waals surface area contributed by atoms with Crippen LogP contribution in [0.2, 0.25) is 0 Å². The molecule has 0 saturated heterocycles. The van der Waals surface area contributed by atoms with Gasteiger partial charge in [-0.3, -0.25) is 0 Å². The second kappa shape index (κ2) is 26.3. The van der Waals surface area contributed by atoms with Crippen molar-refractivity contribution < 1.29 is 4.42 Å². The lowest BCUT2D eigenvalue weighted by atomic mass is 9.67. The first-order chi connectivity index (χ1) is 55.5. The van der Waals surface area contributed by atoms with Crippen LogP contribution in [0.4, 0.5) is 34.1 Å². The zero-order valence-corrected chi connectivity index (χ0v) is 61.9. The van der Waals surface area contributed by atoms with E-state index in [0.29, 0.717) is 0 Å². The fourth-order valence-electron chi connectivity index (χ4n) is 18.8. The number of fused-ring (bicyclic) bond motifs is 13. The smallest absolute Gasteiger partial charge is 0.136 e. The van der Waals surface area contributed by atoms with E-state index < -0.39 is 10.8 Å². The largest absolute Gasteiger partial charge is 0.456 e. The first-order valence-electron chi connectivity index (χ1n) is 38.6. The summed E-state index contributed by atoms with van der Waals surface area (Å²) in [6.07, 6.45) is 0. The van der Waals surface area contributed by atoms with Crippen molar-refractivity contribution in [1.29, 1.82) is 0 Å². The van der Waals surface area contributed by atoms with Gasteiger partial charge in [0.1, 0.15) is 11.2 Å². The van der Waals surface area contributed by atoms with E-state index in [4.69, 9.17) is 4.42 Å². The zero-order chi connectivity index (χ0) is 73.9. The third kappa shape index (κ3) is 10.3. The topological polar surface area (TPSA) is 19.6 Å². The number of furan rings is 1. The van der Waals surface area contributed by atoms with E-state index in [9.17, 15) is 0 Å². The van der Waals surface area contributed by atoms with Gasteiger partial charge in [-0.25, -0.2) is 0 Å². The number of rotatable bonds is 14. The van der Waals surface area contributed by atoms with Crippen LogP contribution in [0.5, 0.6) is 0 Å². The molecule has 0 spiro atoms. The first-order valence-corrected chi connectivity index (χ1v) is 39.4. The fraction of sp³-hybridized carbons (Fsp3) is 0.0185. The molecule has 112 heavy (non-hydrogen) atoms. The number of thiophene rings is 1. The number of para-hydroxylation sites is 1. The molecule has 2 aliphatic carbocycles. The maximum absolute atomic E-state index is 6.86. The van der Waals surface area contributed by atoms with Gasteiger partial charge in [-0.05, 0) is 237 Å². The number of benzene rings is 18. The maximum Gasteiger partial charge on any atom is 0.136 e. The van der Waals surface area contributed by atoms with Gasteiger partial charge in [-0.2, -0.15) is 0 Å². The second-order valence-electron chi connectivity index (χ2n) is 29.7. The molecule has 0 aliphatic heterocycles. The van der Waals surface area contributed by atoms with E-state index in [1.807, 2.05) is 11.3 Å². The van der Waals surface area contributed by atoms with E-state index in [0.717, 1.165) is 89.4 Å². The summed E-state index contributed by atoms with van der Waals surface area (Å²) in [5.41, 5.74) is 31.4. The lowest BCUT2D eigenvalue weighted by Gasteiger charge is -2.35. The van der Waals surface area contributed by atoms with Gasteiger partial charge in [0.25, 0.3) is 0 Å². The molecule has 0 bridgehead atoms. The van der Waals surface area contributed by atoms with Crippen LogP contribution >= 0.6 is 11.3 Å². The number of hydrogen-bond donors (Lipinski definition) is 0. The standard InChI is InChI=1S/C108H70N2OS/c1-6-26-78(27-7-1)107(79-28-8-2-9-29-79)99-42-21-18-37-90(99)92-62-59-86(69-101(92)107)109(82-34-14-5-15-35-82)83-53-45-71(46-54-83)74-52-64-103-98(66-74)94-61-51-76(68-104(94)111-103)97-67-77(65-75-25-16-17-36-88(75)97)72-47-55-84(56-48-72)110(85-57-49-73(50-58-85)89-40-24-41-96-95-39-20-23-44-105(95)112-106(89)96)87-60-63-93-91-38-19-22-43-100(91)108(102(93)70-87,80-30-10-3-11-31-80)81-32-12-4-13-33-81/h1-70H. The van der Waals surface area contributed by atoms with E-state index in [-0.39, 0.29) is 0 Å². The number of hydrogen-bond acceptors (Lipinski definition) is 4. The molecular weight excluding hydrogens is 1370 g/mol. The fourth-order valence-corrected chi connectivity index (χ4v) is 20.1. The Hall–Kier alpha value is -14.2. The van der Waals surface area contributed by atoms with Gasteiger partial charge >= 0.3 is 0 Å². The van der Waals surface area contributed by atoms with Gasteiger partial charge in [0, 0.05) is 65.1 Å². The van der Waals surface area contributed by atoms with Crippen LogP contribution in [-0.2, 0) is 10.8 Å². The molecule has 18 aromatic carbocycles. The monoisotopic (exact) mass is 1440 g/mol. The summed E-state index contributed by atoms with van der Waals surface area (Å²) in [6, 6.07) is 157. The Bertz CT molecular complexity index is 6950. The minimum atomic E-state index is -0.565. The predicted octanol–water partition coefficient (Wildman–Crippen LogP) is 29.4. The van der Waals surface area contributed by atoms with Crippen LogP contribution in [0.3, 0.4) is 0 Å². The Balaban J connectivity index is 0.607. The lowest BCUT2D eigenvalue weighted by molar-refractivity contribution is 0.669. The van der Waals surface area contributed by atoms with Gasteiger partial charge in [-0.15, -0.1) is 11.3 Å². The Morgan fingerprint density at radius 2 is 0.625 bits per heavy atom. The van der Waals surface area contributed by atoms with Crippen LogP contribution in [0, 0.1) is 0 Å².